The number of aryl methyl sites for hydroxylation is 2. The molecule has 3 rings (SSSR count). The molecule has 0 unspecified atom stereocenters. The summed E-state index contributed by atoms with van der Waals surface area (Å²) in [5, 5.41) is 7.57. The first kappa shape index (κ1) is 19.4. The molecule has 6 nitrogen and oxygen atoms in total. The summed E-state index contributed by atoms with van der Waals surface area (Å²) in [6.07, 6.45) is 1.11. The Labute approximate surface area is 161 Å². The van der Waals surface area contributed by atoms with Crippen molar-refractivity contribution in [3.05, 3.63) is 47.3 Å². The Hall–Kier alpha value is -2.34. The second-order valence-corrected chi connectivity index (χ2v) is 7.66. The van der Waals surface area contributed by atoms with Crippen molar-refractivity contribution in [3.63, 3.8) is 0 Å². The van der Waals surface area contributed by atoms with Gasteiger partial charge in [-0.15, -0.1) is 0 Å². The number of nitrogens with one attached hydrogen (secondary N) is 1. The van der Waals surface area contributed by atoms with Crippen molar-refractivity contribution in [3.8, 4) is 5.75 Å². The number of hydrogen-bond acceptors (Lipinski definition) is 4. The molecule has 0 spiro atoms. The van der Waals surface area contributed by atoms with E-state index in [2.05, 4.69) is 39.9 Å². The van der Waals surface area contributed by atoms with Crippen LogP contribution in [0.2, 0.25) is 0 Å². The van der Waals surface area contributed by atoms with Gasteiger partial charge in [0, 0.05) is 26.2 Å². The molecule has 1 aliphatic heterocycles. The van der Waals surface area contributed by atoms with Crippen molar-refractivity contribution in [2.75, 3.05) is 19.7 Å². The van der Waals surface area contributed by atoms with Gasteiger partial charge in [0.25, 0.3) is 5.91 Å². The lowest BCUT2D eigenvalue weighted by atomic mass is 10.2. The number of para-hydroxylation sites is 1. The molecule has 0 atom stereocenters. The number of rotatable bonds is 7. The summed E-state index contributed by atoms with van der Waals surface area (Å²) in [6.45, 7) is 11.0. The van der Waals surface area contributed by atoms with E-state index in [1.165, 1.54) is 5.69 Å². The maximum Gasteiger partial charge on any atom is 0.258 e. The van der Waals surface area contributed by atoms with Gasteiger partial charge in [-0.05, 0) is 37.0 Å². The second-order valence-electron chi connectivity index (χ2n) is 7.66. The van der Waals surface area contributed by atoms with E-state index < -0.39 is 0 Å². The summed E-state index contributed by atoms with van der Waals surface area (Å²) in [7, 11) is 0. The summed E-state index contributed by atoms with van der Waals surface area (Å²) in [4.78, 5) is 14.6. The Morgan fingerprint density at radius 1 is 1.30 bits per heavy atom. The Bertz CT molecular complexity index is 769. The maximum absolute atomic E-state index is 12.1. The number of fused-ring (bicyclic) bond motifs is 1. The average Bonchev–Trinajstić information content (AvgIpc) is 2.91. The topological polar surface area (TPSA) is 59.4 Å². The molecule has 0 saturated heterocycles. The fraction of sp³-hybridized carbons (Fsp3) is 0.524. The highest BCUT2D eigenvalue weighted by molar-refractivity contribution is 5.77. The van der Waals surface area contributed by atoms with E-state index in [0.29, 0.717) is 12.5 Å². The number of amides is 1. The van der Waals surface area contributed by atoms with Gasteiger partial charge in [-0.3, -0.25) is 14.4 Å². The first-order chi connectivity index (χ1) is 13.0. The first-order valence-corrected chi connectivity index (χ1v) is 9.74. The molecule has 146 valence electrons. The van der Waals surface area contributed by atoms with Crippen molar-refractivity contribution in [1.29, 1.82) is 0 Å². The molecule has 1 aliphatic rings. The third-order valence-electron chi connectivity index (χ3n) is 4.69. The Balaban J connectivity index is 1.50. The summed E-state index contributed by atoms with van der Waals surface area (Å²) in [6, 6.07) is 9.81. The number of ether oxygens (including phenoxy) is 1. The van der Waals surface area contributed by atoms with E-state index in [1.807, 2.05) is 31.2 Å². The average molecular weight is 370 g/mol. The third-order valence-corrected chi connectivity index (χ3v) is 4.69. The lowest BCUT2D eigenvalue weighted by Gasteiger charge is -2.21. The SMILES string of the molecule is Cc1ccccc1OCC(=O)NCc1cc2n(n1)CCCN(CC(C)C)C2. The van der Waals surface area contributed by atoms with Gasteiger partial charge in [-0.25, -0.2) is 0 Å². The van der Waals surface area contributed by atoms with Crippen LogP contribution in [-0.4, -0.2) is 40.3 Å². The van der Waals surface area contributed by atoms with Gasteiger partial charge in [-0.2, -0.15) is 5.10 Å². The standard InChI is InChI=1S/C21H30N4O2/c1-16(2)13-24-9-6-10-25-19(14-24)11-18(23-25)12-22-21(26)15-27-20-8-5-4-7-17(20)3/h4-5,7-8,11,16H,6,9-10,12-15H2,1-3H3,(H,22,26). The molecule has 0 bridgehead atoms. The van der Waals surface area contributed by atoms with Gasteiger partial charge in [0.05, 0.1) is 17.9 Å². The van der Waals surface area contributed by atoms with Gasteiger partial charge >= 0.3 is 0 Å². The van der Waals surface area contributed by atoms with Crippen molar-refractivity contribution < 1.29 is 9.53 Å². The summed E-state index contributed by atoms with van der Waals surface area (Å²) < 4.78 is 7.68. The molecule has 2 aromatic rings. The Morgan fingerprint density at radius 2 is 2.11 bits per heavy atom. The van der Waals surface area contributed by atoms with Crippen LogP contribution in [0.4, 0.5) is 0 Å². The molecule has 0 saturated carbocycles. The van der Waals surface area contributed by atoms with Gasteiger partial charge in [0.1, 0.15) is 5.75 Å². The molecular formula is C21H30N4O2. The first-order valence-electron chi connectivity index (χ1n) is 9.74. The fourth-order valence-corrected chi connectivity index (χ4v) is 3.45. The van der Waals surface area contributed by atoms with Crippen LogP contribution < -0.4 is 10.1 Å². The highest BCUT2D eigenvalue weighted by Crippen LogP contribution is 2.16. The van der Waals surface area contributed by atoms with Crippen molar-refractivity contribution in [1.82, 2.24) is 20.0 Å². The molecule has 6 heteroatoms. The van der Waals surface area contributed by atoms with Crippen LogP contribution in [0.25, 0.3) is 0 Å². The van der Waals surface area contributed by atoms with Crippen LogP contribution in [0.3, 0.4) is 0 Å². The van der Waals surface area contributed by atoms with E-state index in [-0.39, 0.29) is 12.5 Å². The van der Waals surface area contributed by atoms with E-state index in [0.717, 1.165) is 49.6 Å². The Morgan fingerprint density at radius 3 is 2.89 bits per heavy atom. The van der Waals surface area contributed by atoms with Gasteiger partial charge < -0.3 is 10.1 Å². The molecule has 0 aliphatic carbocycles. The molecule has 1 aromatic heterocycles. The summed E-state index contributed by atoms with van der Waals surface area (Å²) in [5.41, 5.74) is 3.16. The van der Waals surface area contributed by atoms with Crippen LogP contribution in [0.15, 0.2) is 30.3 Å². The molecular weight excluding hydrogens is 340 g/mol. The van der Waals surface area contributed by atoms with Crippen molar-refractivity contribution in [2.24, 2.45) is 5.92 Å². The number of aromatic nitrogens is 2. The van der Waals surface area contributed by atoms with Gasteiger partial charge in [0.2, 0.25) is 0 Å². The minimum absolute atomic E-state index is 0.0145. The largest absolute Gasteiger partial charge is 0.484 e. The number of hydrogen-bond donors (Lipinski definition) is 1. The van der Waals surface area contributed by atoms with Crippen LogP contribution in [-0.2, 0) is 24.4 Å². The summed E-state index contributed by atoms with van der Waals surface area (Å²) in [5.74, 6) is 1.26. The second kappa shape index (κ2) is 9.04. The minimum atomic E-state index is -0.136. The maximum atomic E-state index is 12.1. The van der Waals surface area contributed by atoms with Gasteiger partial charge in [-0.1, -0.05) is 32.0 Å². The zero-order valence-electron chi connectivity index (χ0n) is 16.6. The number of carbonyl (C=O) groups excluding carboxylic acids is 1. The smallest absolute Gasteiger partial charge is 0.258 e. The number of carbonyl (C=O) groups is 1. The third kappa shape index (κ3) is 5.57. The molecule has 0 fully saturated rings. The quantitative estimate of drug-likeness (QED) is 0.814. The van der Waals surface area contributed by atoms with E-state index >= 15 is 0 Å². The minimum Gasteiger partial charge on any atom is -0.484 e. The molecule has 27 heavy (non-hydrogen) atoms. The lowest BCUT2D eigenvalue weighted by Crippen LogP contribution is -2.28. The lowest BCUT2D eigenvalue weighted by molar-refractivity contribution is -0.123. The predicted molar refractivity (Wildman–Crippen MR) is 105 cm³/mol. The highest BCUT2D eigenvalue weighted by Gasteiger charge is 2.17. The monoisotopic (exact) mass is 370 g/mol. The van der Waals surface area contributed by atoms with E-state index in [9.17, 15) is 4.79 Å². The van der Waals surface area contributed by atoms with E-state index in [4.69, 9.17) is 4.74 Å². The zero-order chi connectivity index (χ0) is 19.2. The molecule has 1 aromatic carbocycles. The zero-order valence-corrected chi connectivity index (χ0v) is 16.6. The van der Waals surface area contributed by atoms with Crippen LogP contribution in [0.5, 0.6) is 5.75 Å². The summed E-state index contributed by atoms with van der Waals surface area (Å²) >= 11 is 0. The van der Waals surface area contributed by atoms with Crippen LogP contribution in [0.1, 0.15) is 37.2 Å². The van der Waals surface area contributed by atoms with E-state index in [1.54, 1.807) is 0 Å². The molecule has 0 radical (unpaired) electrons. The highest BCUT2D eigenvalue weighted by atomic mass is 16.5. The predicted octanol–water partition coefficient (Wildman–Crippen LogP) is 2.75. The van der Waals surface area contributed by atoms with Gasteiger partial charge in [0.15, 0.2) is 6.61 Å². The fourth-order valence-electron chi connectivity index (χ4n) is 3.45. The molecule has 1 amide bonds. The normalized spacial score (nSPS) is 14.7. The number of benzene rings is 1. The van der Waals surface area contributed by atoms with Crippen LogP contribution >= 0.6 is 0 Å². The van der Waals surface area contributed by atoms with Crippen molar-refractivity contribution >= 4 is 5.91 Å². The molecule has 2 heterocycles. The van der Waals surface area contributed by atoms with Crippen molar-refractivity contribution in [2.45, 2.75) is 46.8 Å². The Kier molecular flexibility index (Phi) is 6.50. The molecule has 1 N–H and O–H groups in total. The van der Waals surface area contributed by atoms with Crippen LogP contribution in [0, 0.1) is 12.8 Å². The number of nitrogens with zero attached hydrogens (tertiary/aromatic N) is 3.